The van der Waals surface area contributed by atoms with Gasteiger partial charge < -0.3 is 19.9 Å². The third kappa shape index (κ3) is 4.30. The van der Waals surface area contributed by atoms with E-state index in [2.05, 4.69) is 5.32 Å². The van der Waals surface area contributed by atoms with Gasteiger partial charge in [0.05, 0.1) is 12.5 Å². The van der Waals surface area contributed by atoms with Crippen LogP contribution in [0.1, 0.15) is 43.6 Å². The molecule has 24 heavy (non-hydrogen) atoms. The molecule has 5 nitrogen and oxygen atoms in total. The van der Waals surface area contributed by atoms with Crippen molar-refractivity contribution in [2.75, 3.05) is 6.54 Å². The summed E-state index contributed by atoms with van der Waals surface area (Å²) in [6, 6.07) is 2.32. The largest absolute Gasteiger partial charge is 0.463 e. The van der Waals surface area contributed by atoms with Crippen LogP contribution in [0.2, 0.25) is 0 Å². The van der Waals surface area contributed by atoms with E-state index in [9.17, 15) is 28.2 Å². The highest BCUT2D eigenvalue weighted by molar-refractivity contribution is 5.77. The van der Waals surface area contributed by atoms with Gasteiger partial charge >= 0.3 is 6.18 Å². The van der Waals surface area contributed by atoms with Gasteiger partial charge in [-0.15, -0.1) is 0 Å². The van der Waals surface area contributed by atoms with Crippen molar-refractivity contribution < 1.29 is 32.6 Å². The van der Waals surface area contributed by atoms with Crippen molar-refractivity contribution in [1.82, 2.24) is 5.32 Å². The number of hydrogen-bond donors (Lipinski definition) is 3. The van der Waals surface area contributed by atoms with Crippen molar-refractivity contribution in [3.8, 4) is 0 Å². The number of aliphatic hydroxyl groups excluding tert-OH is 1. The van der Waals surface area contributed by atoms with Gasteiger partial charge in [-0.1, -0.05) is 6.42 Å². The summed E-state index contributed by atoms with van der Waals surface area (Å²) in [5.41, 5.74) is -3.36. The summed E-state index contributed by atoms with van der Waals surface area (Å²) < 4.78 is 44.7. The SMILES string of the molecule is Cc1ccc(C(O)(CC(=O)NCC2CCCC(O)C2)C(F)(F)F)o1. The number of nitrogens with one attached hydrogen (secondary N) is 1. The van der Waals surface area contributed by atoms with Crippen LogP contribution in [-0.4, -0.2) is 34.9 Å². The predicted molar refractivity (Wildman–Crippen MR) is 79.0 cm³/mol. The Morgan fingerprint density at radius 3 is 2.62 bits per heavy atom. The molecule has 0 aliphatic heterocycles. The summed E-state index contributed by atoms with van der Waals surface area (Å²) in [6.45, 7) is 1.63. The van der Waals surface area contributed by atoms with Crippen LogP contribution in [0.3, 0.4) is 0 Å². The zero-order valence-electron chi connectivity index (χ0n) is 13.4. The molecule has 1 aromatic rings. The minimum atomic E-state index is -5.05. The van der Waals surface area contributed by atoms with Gasteiger partial charge in [0.1, 0.15) is 11.5 Å². The lowest BCUT2D eigenvalue weighted by atomic mass is 9.87. The van der Waals surface area contributed by atoms with E-state index in [1.807, 2.05) is 0 Å². The van der Waals surface area contributed by atoms with Gasteiger partial charge in [-0.05, 0) is 44.2 Å². The fourth-order valence-corrected chi connectivity index (χ4v) is 2.98. The first kappa shape index (κ1) is 18.8. The monoisotopic (exact) mass is 349 g/mol. The molecule has 0 bridgehead atoms. The number of carbonyl (C=O) groups excluding carboxylic acids is 1. The Bertz CT molecular complexity index is 572. The molecule has 1 aromatic heterocycles. The number of amides is 1. The van der Waals surface area contributed by atoms with Crippen LogP contribution in [-0.2, 0) is 10.4 Å². The Morgan fingerprint density at radius 1 is 1.38 bits per heavy atom. The fourth-order valence-electron chi connectivity index (χ4n) is 2.98. The Morgan fingerprint density at radius 2 is 2.08 bits per heavy atom. The summed E-state index contributed by atoms with van der Waals surface area (Å²) in [5.74, 6) is -1.37. The first-order chi connectivity index (χ1) is 11.1. The smallest absolute Gasteiger partial charge is 0.425 e. The van der Waals surface area contributed by atoms with Crippen LogP contribution < -0.4 is 5.32 Å². The first-order valence-electron chi connectivity index (χ1n) is 7.92. The first-order valence-corrected chi connectivity index (χ1v) is 7.92. The standard InChI is InChI=1S/C16H22F3NO4/c1-10-5-6-13(24-10)15(23,16(17,18)19)8-14(22)20-9-11-3-2-4-12(21)7-11/h5-6,11-12,21,23H,2-4,7-9H2,1H3,(H,20,22). The number of hydrogen-bond acceptors (Lipinski definition) is 4. The van der Waals surface area contributed by atoms with E-state index in [1.165, 1.54) is 13.0 Å². The molecule has 3 atom stereocenters. The average Bonchev–Trinajstić information content (AvgIpc) is 2.91. The van der Waals surface area contributed by atoms with Crippen LogP contribution in [0, 0.1) is 12.8 Å². The maximum Gasteiger partial charge on any atom is 0.425 e. The van der Waals surface area contributed by atoms with E-state index in [4.69, 9.17) is 4.42 Å². The Hall–Kier alpha value is -1.54. The van der Waals surface area contributed by atoms with Crippen LogP contribution in [0.25, 0.3) is 0 Å². The van der Waals surface area contributed by atoms with Crippen molar-refractivity contribution in [2.45, 2.75) is 56.9 Å². The molecule has 136 valence electrons. The second-order valence-electron chi connectivity index (χ2n) is 6.44. The van der Waals surface area contributed by atoms with Gasteiger partial charge in [-0.3, -0.25) is 4.79 Å². The highest BCUT2D eigenvalue weighted by Gasteiger charge is 2.58. The minimum absolute atomic E-state index is 0.0301. The molecule has 1 saturated carbocycles. The average molecular weight is 349 g/mol. The molecule has 0 spiro atoms. The lowest BCUT2D eigenvalue weighted by molar-refractivity contribution is -0.273. The highest BCUT2D eigenvalue weighted by Crippen LogP contribution is 2.42. The minimum Gasteiger partial charge on any atom is -0.463 e. The summed E-state index contributed by atoms with van der Waals surface area (Å²) in [7, 11) is 0. The van der Waals surface area contributed by atoms with Gasteiger partial charge in [0.15, 0.2) is 0 Å². The number of furan rings is 1. The molecule has 0 saturated heterocycles. The number of carbonyl (C=O) groups is 1. The lowest BCUT2D eigenvalue weighted by Gasteiger charge is -2.29. The molecule has 1 aliphatic rings. The molecule has 1 aliphatic carbocycles. The Kier molecular flexibility index (Phi) is 5.59. The summed E-state index contributed by atoms with van der Waals surface area (Å²) in [6.07, 6.45) is -3.80. The highest BCUT2D eigenvalue weighted by atomic mass is 19.4. The number of alkyl halides is 3. The number of aliphatic hydroxyl groups is 2. The van der Waals surface area contributed by atoms with E-state index in [0.717, 1.165) is 18.9 Å². The quantitative estimate of drug-likeness (QED) is 0.762. The molecule has 0 radical (unpaired) electrons. The molecule has 1 fully saturated rings. The van der Waals surface area contributed by atoms with Crippen LogP contribution >= 0.6 is 0 Å². The van der Waals surface area contributed by atoms with Gasteiger partial charge in [-0.2, -0.15) is 13.2 Å². The van der Waals surface area contributed by atoms with Crippen molar-refractivity contribution >= 4 is 5.91 Å². The van der Waals surface area contributed by atoms with E-state index in [-0.39, 0.29) is 18.2 Å². The molecule has 1 heterocycles. The Labute approximate surface area is 137 Å². The maximum absolute atomic E-state index is 13.3. The van der Waals surface area contributed by atoms with Crippen molar-refractivity contribution in [3.05, 3.63) is 23.7 Å². The summed E-state index contributed by atoms with van der Waals surface area (Å²) in [5, 5.41) is 22.1. The molecular formula is C16H22F3NO4. The van der Waals surface area contributed by atoms with Gasteiger partial charge in [0, 0.05) is 6.54 Å². The molecular weight excluding hydrogens is 327 g/mol. The molecule has 2 rings (SSSR count). The maximum atomic E-state index is 13.3. The van der Waals surface area contributed by atoms with E-state index in [0.29, 0.717) is 12.8 Å². The number of halogens is 3. The predicted octanol–water partition coefficient (Wildman–Crippen LogP) is 2.40. The second-order valence-corrected chi connectivity index (χ2v) is 6.44. The van der Waals surface area contributed by atoms with Crippen LogP contribution in [0.15, 0.2) is 16.5 Å². The zero-order valence-corrected chi connectivity index (χ0v) is 13.4. The van der Waals surface area contributed by atoms with Crippen molar-refractivity contribution in [1.29, 1.82) is 0 Å². The van der Waals surface area contributed by atoms with Crippen LogP contribution in [0.5, 0.6) is 0 Å². The molecule has 1 amide bonds. The molecule has 3 unspecified atom stereocenters. The molecule has 8 heteroatoms. The van der Waals surface area contributed by atoms with Gasteiger partial charge in [-0.25, -0.2) is 0 Å². The third-order valence-corrected chi connectivity index (χ3v) is 4.38. The molecule has 3 N–H and O–H groups in total. The van der Waals surface area contributed by atoms with Crippen LogP contribution in [0.4, 0.5) is 13.2 Å². The topological polar surface area (TPSA) is 82.7 Å². The summed E-state index contributed by atoms with van der Waals surface area (Å²) in [4.78, 5) is 11.9. The molecule has 0 aromatic carbocycles. The van der Waals surface area contributed by atoms with Crippen molar-refractivity contribution in [2.24, 2.45) is 5.92 Å². The number of aryl methyl sites for hydroxylation is 1. The van der Waals surface area contributed by atoms with Gasteiger partial charge in [0.2, 0.25) is 11.5 Å². The van der Waals surface area contributed by atoms with Gasteiger partial charge in [0.25, 0.3) is 0 Å². The summed E-state index contributed by atoms with van der Waals surface area (Å²) >= 11 is 0. The lowest BCUT2D eigenvalue weighted by Crippen LogP contribution is -2.46. The fraction of sp³-hybridized carbons (Fsp3) is 0.688. The van der Waals surface area contributed by atoms with E-state index >= 15 is 0 Å². The normalized spacial score (nSPS) is 24.4. The zero-order chi connectivity index (χ0) is 18.0. The third-order valence-electron chi connectivity index (χ3n) is 4.38. The second kappa shape index (κ2) is 7.14. The van der Waals surface area contributed by atoms with Crippen molar-refractivity contribution in [3.63, 3.8) is 0 Å². The van der Waals surface area contributed by atoms with E-state index < -0.39 is 36.0 Å². The Balaban J connectivity index is 2.00. The van der Waals surface area contributed by atoms with E-state index in [1.54, 1.807) is 0 Å². The number of rotatable bonds is 5.